The summed E-state index contributed by atoms with van der Waals surface area (Å²) in [5.74, 6) is -0.105. The average molecular weight is 315 g/mol. The van der Waals surface area contributed by atoms with E-state index in [0.717, 1.165) is 12.8 Å². The van der Waals surface area contributed by atoms with Crippen molar-refractivity contribution in [3.63, 3.8) is 0 Å². The van der Waals surface area contributed by atoms with Crippen molar-refractivity contribution in [1.29, 1.82) is 5.26 Å². The maximum atomic E-state index is 12.3. The molecule has 0 saturated heterocycles. The number of carbonyl (C=O) groups excluding carboxylic acids is 1. The number of aliphatic hydroxyl groups is 1. The van der Waals surface area contributed by atoms with E-state index in [1.807, 2.05) is 0 Å². The Morgan fingerprint density at radius 2 is 2.17 bits per heavy atom. The molecule has 5 nitrogen and oxygen atoms in total. The fraction of sp³-hybridized carbons (Fsp3) is 0.556. The van der Waals surface area contributed by atoms with Crippen molar-refractivity contribution in [3.05, 3.63) is 29.8 Å². The topological polar surface area (TPSA) is 76.4 Å². The fourth-order valence-corrected chi connectivity index (χ4v) is 3.18. The maximum absolute atomic E-state index is 12.3. The molecule has 1 unspecified atom stereocenters. The number of aliphatic hydroxyl groups excluding tert-OH is 1. The Morgan fingerprint density at radius 3 is 2.83 bits per heavy atom. The lowest BCUT2D eigenvalue weighted by atomic mass is 9.94. The fourth-order valence-electron chi connectivity index (χ4n) is 3.18. The highest BCUT2D eigenvalue weighted by Crippen LogP contribution is 2.23. The first-order valence-corrected chi connectivity index (χ1v) is 8.30. The highest BCUT2D eigenvalue weighted by molar-refractivity contribution is 5.92. The lowest BCUT2D eigenvalue weighted by Gasteiger charge is -2.34. The van der Waals surface area contributed by atoms with Gasteiger partial charge in [-0.15, -0.1) is 0 Å². The third-order valence-electron chi connectivity index (χ3n) is 4.21. The van der Waals surface area contributed by atoms with Crippen LogP contribution in [0, 0.1) is 11.3 Å². The number of benzene rings is 1. The Morgan fingerprint density at radius 1 is 1.43 bits per heavy atom. The van der Waals surface area contributed by atoms with Crippen LogP contribution in [-0.4, -0.2) is 41.1 Å². The number of hydrogen-bond donors (Lipinski definition) is 2. The number of anilines is 1. The lowest BCUT2D eigenvalue weighted by Crippen LogP contribution is -2.45. The molecule has 5 heteroatoms. The maximum Gasteiger partial charge on any atom is 0.238 e. The van der Waals surface area contributed by atoms with Gasteiger partial charge in [0.05, 0.1) is 24.3 Å². The molecule has 1 aromatic rings. The quantitative estimate of drug-likeness (QED) is 0.845. The van der Waals surface area contributed by atoms with E-state index in [4.69, 9.17) is 5.26 Å². The summed E-state index contributed by atoms with van der Waals surface area (Å²) in [6, 6.07) is 9.33. The number of amides is 1. The van der Waals surface area contributed by atoms with E-state index in [0.29, 0.717) is 23.8 Å². The SMILES string of the molecule is CC(O)CN(CC(=O)Nc1cccc(C#N)c1)C1CCCCC1. The molecule has 1 amide bonds. The van der Waals surface area contributed by atoms with Crippen molar-refractivity contribution in [3.8, 4) is 6.07 Å². The standard InChI is InChI=1S/C18H25N3O2/c1-14(22)12-21(17-8-3-2-4-9-17)13-18(23)20-16-7-5-6-15(10-16)11-19/h5-7,10,14,17,22H,2-4,8-9,12-13H2,1H3,(H,20,23). The summed E-state index contributed by atoms with van der Waals surface area (Å²) in [4.78, 5) is 14.4. The molecule has 1 fully saturated rings. The zero-order chi connectivity index (χ0) is 16.7. The summed E-state index contributed by atoms with van der Waals surface area (Å²) >= 11 is 0. The van der Waals surface area contributed by atoms with E-state index in [-0.39, 0.29) is 12.5 Å². The van der Waals surface area contributed by atoms with Gasteiger partial charge in [-0.3, -0.25) is 9.69 Å². The molecule has 1 saturated carbocycles. The van der Waals surface area contributed by atoms with Gasteiger partial charge in [0.25, 0.3) is 0 Å². The van der Waals surface area contributed by atoms with Gasteiger partial charge in [0.1, 0.15) is 0 Å². The molecule has 1 atom stereocenters. The first-order valence-electron chi connectivity index (χ1n) is 8.30. The minimum Gasteiger partial charge on any atom is -0.392 e. The molecule has 124 valence electrons. The lowest BCUT2D eigenvalue weighted by molar-refractivity contribution is -0.118. The molecule has 0 bridgehead atoms. The third kappa shape index (κ3) is 5.66. The molecule has 2 N–H and O–H groups in total. The Bertz CT molecular complexity index is 560. The van der Waals surface area contributed by atoms with E-state index in [9.17, 15) is 9.90 Å². The van der Waals surface area contributed by atoms with Crippen LogP contribution >= 0.6 is 0 Å². The second-order valence-electron chi connectivity index (χ2n) is 6.31. The van der Waals surface area contributed by atoms with Crippen LogP contribution in [0.3, 0.4) is 0 Å². The van der Waals surface area contributed by atoms with Gasteiger partial charge in [0, 0.05) is 18.3 Å². The van der Waals surface area contributed by atoms with Crippen LogP contribution in [0.2, 0.25) is 0 Å². The summed E-state index contributed by atoms with van der Waals surface area (Å²) in [5.41, 5.74) is 1.16. The molecule has 0 spiro atoms. The molecule has 1 aliphatic carbocycles. The van der Waals surface area contributed by atoms with Crippen molar-refractivity contribution in [2.24, 2.45) is 0 Å². The van der Waals surface area contributed by atoms with Gasteiger partial charge in [-0.05, 0) is 38.0 Å². The largest absolute Gasteiger partial charge is 0.392 e. The van der Waals surface area contributed by atoms with E-state index in [1.54, 1.807) is 31.2 Å². The summed E-state index contributed by atoms with van der Waals surface area (Å²) in [6.07, 6.45) is 5.35. The van der Waals surface area contributed by atoms with E-state index in [1.165, 1.54) is 19.3 Å². The Labute approximate surface area is 137 Å². The van der Waals surface area contributed by atoms with E-state index < -0.39 is 6.10 Å². The smallest absolute Gasteiger partial charge is 0.238 e. The third-order valence-corrected chi connectivity index (χ3v) is 4.21. The van der Waals surface area contributed by atoms with Gasteiger partial charge in [0.15, 0.2) is 0 Å². The van der Waals surface area contributed by atoms with Crippen LogP contribution in [0.15, 0.2) is 24.3 Å². The summed E-state index contributed by atoms with van der Waals surface area (Å²) in [6.45, 7) is 2.53. The second-order valence-corrected chi connectivity index (χ2v) is 6.31. The highest BCUT2D eigenvalue weighted by atomic mass is 16.3. The number of rotatable bonds is 6. The molecule has 0 heterocycles. The zero-order valence-electron chi connectivity index (χ0n) is 13.7. The number of carbonyl (C=O) groups is 1. The summed E-state index contributed by atoms with van der Waals surface area (Å²) in [5, 5.41) is 21.5. The van der Waals surface area contributed by atoms with Gasteiger partial charge in [-0.25, -0.2) is 0 Å². The minimum atomic E-state index is -0.452. The van der Waals surface area contributed by atoms with Crippen molar-refractivity contribution in [2.45, 2.75) is 51.2 Å². The van der Waals surface area contributed by atoms with Crippen LogP contribution in [0.5, 0.6) is 0 Å². The number of nitriles is 1. The summed E-state index contributed by atoms with van der Waals surface area (Å²) < 4.78 is 0. The molecule has 0 radical (unpaired) electrons. The van der Waals surface area contributed by atoms with Crippen LogP contribution < -0.4 is 5.32 Å². The van der Waals surface area contributed by atoms with Gasteiger partial charge in [-0.1, -0.05) is 25.3 Å². The molecule has 1 aromatic carbocycles. The van der Waals surface area contributed by atoms with Crippen molar-refractivity contribution in [2.75, 3.05) is 18.4 Å². The average Bonchev–Trinajstić information content (AvgIpc) is 2.54. The molecule has 23 heavy (non-hydrogen) atoms. The Balaban J connectivity index is 1.97. The van der Waals surface area contributed by atoms with Crippen LogP contribution in [-0.2, 0) is 4.79 Å². The van der Waals surface area contributed by atoms with Gasteiger partial charge < -0.3 is 10.4 Å². The zero-order valence-corrected chi connectivity index (χ0v) is 13.7. The predicted molar refractivity (Wildman–Crippen MR) is 89.9 cm³/mol. The number of nitrogens with zero attached hydrogens (tertiary/aromatic N) is 2. The highest BCUT2D eigenvalue weighted by Gasteiger charge is 2.24. The normalized spacial score (nSPS) is 16.8. The second kappa shape index (κ2) is 8.66. The molecule has 2 rings (SSSR count). The monoisotopic (exact) mass is 315 g/mol. The Hall–Kier alpha value is -1.90. The molecule has 0 aromatic heterocycles. The van der Waals surface area contributed by atoms with Crippen LogP contribution in [0.25, 0.3) is 0 Å². The number of hydrogen-bond acceptors (Lipinski definition) is 4. The van der Waals surface area contributed by atoms with Crippen molar-refractivity contribution >= 4 is 11.6 Å². The van der Waals surface area contributed by atoms with E-state index in [2.05, 4.69) is 16.3 Å². The van der Waals surface area contributed by atoms with Gasteiger partial charge >= 0.3 is 0 Å². The first-order chi connectivity index (χ1) is 11.1. The van der Waals surface area contributed by atoms with E-state index >= 15 is 0 Å². The minimum absolute atomic E-state index is 0.105. The van der Waals surface area contributed by atoms with Crippen LogP contribution in [0.4, 0.5) is 5.69 Å². The van der Waals surface area contributed by atoms with Crippen LogP contribution in [0.1, 0.15) is 44.6 Å². The number of nitrogens with one attached hydrogen (secondary N) is 1. The van der Waals surface area contributed by atoms with Crippen molar-refractivity contribution in [1.82, 2.24) is 4.90 Å². The molecule has 0 aliphatic heterocycles. The van der Waals surface area contributed by atoms with Gasteiger partial charge in [-0.2, -0.15) is 5.26 Å². The van der Waals surface area contributed by atoms with Gasteiger partial charge in [0.2, 0.25) is 5.91 Å². The summed E-state index contributed by atoms with van der Waals surface area (Å²) in [7, 11) is 0. The predicted octanol–water partition coefficient (Wildman–Crippen LogP) is 2.51. The molecular formula is C18H25N3O2. The first kappa shape index (κ1) is 17.5. The van der Waals surface area contributed by atoms with Crippen molar-refractivity contribution < 1.29 is 9.90 Å². The Kier molecular flexibility index (Phi) is 6.57. The molecular weight excluding hydrogens is 290 g/mol. The molecule has 1 aliphatic rings.